The molecule has 0 radical (unpaired) electrons. The lowest BCUT2D eigenvalue weighted by molar-refractivity contribution is -0.140. The largest absolute Gasteiger partial charge is 0.504 e. The van der Waals surface area contributed by atoms with E-state index in [2.05, 4.69) is 11.9 Å². The quantitative estimate of drug-likeness (QED) is 0.237. The van der Waals surface area contributed by atoms with E-state index in [1.54, 1.807) is 29.7 Å². The Morgan fingerprint density at radius 1 is 1.12 bits per heavy atom. The van der Waals surface area contributed by atoms with Crippen LogP contribution in [0.5, 0.6) is 17.2 Å². The van der Waals surface area contributed by atoms with Crippen LogP contribution in [0.4, 0.5) is 0 Å². The minimum atomic E-state index is -0.707. The van der Waals surface area contributed by atoms with Gasteiger partial charge in [-0.15, -0.1) is 0 Å². The van der Waals surface area contributed by atoms with Gasteiger partial charge in [0, 0.05) is 0 Å². The fourth-order valence-corrected chi connectivity index (χ4v) is 5.60. The maximum atomic E-state index is 13.9. The summed E-state index contributed by atoms with van der Waals surface area (Å²) in [6, 6.07) is 11.8. The number of carbonyl (C=O) groups excluding carboxylic acids is 1. The van der Waals surface area contributed by atoms with Crippen molar-refractivity contribution in [3.63, 3.8) is 0 Å². The zero-order chi connectivity index (χ0) is 29.5. The number of thiazole rings is 1. The molecular formula is C32H38N2O6S. The fourth-order valence-electron chi connectivity index (χ4n) is 4.55. The summed E-state index contributed by atoms with van der Waals surface area (Å²) in [5.74, 6) is 0.784. The Morgan fingerprint density at radius 2 is 1.88 bits per heavy atom. The van der Waals surface area contributed by atoms with Crippen molar-refractivity contribution in [1.29, 1.82) is 0 Å². The molecule has 0 fully saturated rings. The van der Waals surface area contributed by atoms with E-state index in [0.29, 0.717) is 45.1 Å². The van der Waals surface area contributed by atoms with Gasteiger partial charge in [0.2, 0.25) is 0 Å². The SMILES string of the molecule is CCCCCOc1ccc(C2C(C(=O)OCC(C)C)=C(C)N=c3s/c(=C\c4ccc(O)c(OCC)c4)c(=O)n32)cc1. The van der Waals surface area contributed by atoms with Crippen molar-refractivity contribution in [2.24, 2.45) is 10.9 Å². The van der Waals surface area contributed by atoms with Crippen molar-refractivity contribution >= 4 is 23.4 Å². The first kappa shape index (κ1) is 30.1. The number of unbranched alkanes of at least 4 members (excludes halogenated alkanes) is 2. The van der Waals surface area contributed by atoms with Gasteiger partial charge in [-0.25, -0.2) is 9.79 Å². The van der Waals surface area contributed by atoms with Crippen LogP contribution in [0.1, 0.15) is 71.0 Å². The number of aromatic hydroxyl groups is 1. The number of aromatic nitrogens is 1. The van der Waals surface area contributed by atoms with Gasteiger partial charge in [-0.3, -0.25) is 9.36 Å². The summed E-state index contributed by atoms with van der Waals surface area (Å²) < 4.78 is 19.0. The van der Waals surface area contributed by atoms with E-state index in [-0.39, 0.29) is 23.8 Å². The molecule has 1 N–H and O–H groups in total. The molecule has 1 aromatic heterocycles. The zero-order valence-corrected chi connectivity index (χ0v) is 25.1. The average Bonchev–Trinajstić information content (AvgIpc) is 3.25. The monoisotopic (exact) mass is 578 g/mol. The standard InChI is InChI=1S/C32H38N2O6S/c1-6-8-9-16-39-24-13-11-23(12-14-24)29-28(31(37)40-19-20(3)4)21(5)33-32-34(29)30(36)27(41-32)18-22-10-15-25(35)26(17-22)38-7-2/h10-15,17-18,20,29,35H,6-9,16,19H2,1-5H3/b27-18-. The predicted octanol–water partition coefficient (Wildman–Crippen LogP) is 5.11. The molecular weight excluding hydrogens is 540 g/mol. The molecule has 0 bridgehead atoms. The van der Waals surface area contributed by atoms with Gasteiger partial charge in [-0.2, -0.15) is 0 Å². The van der Waals surface area contributed by atoms with Crippen LogP contribution in [0.15, 0.2) is 63.5 Å². The third kappa shape index (κ3) is 7.08. The molecule has 0 aliphatic carbocycles. The second-order valence-electron chi connectivity index (χ2n) is 10.4. The van der Waals surface area contributed by atoms with Crippen molar-refractivity contribution in [3.8, 4) is 17.2 Å². The van der Waals surface area contributed by atoms with Crippen molar-refractivity contribution in [1.82, 2.24) is 4.57 Å². The molecule has 0 saturated heterocycles. The molecule has 4 rings (SSSR count). The summed E-state index contributed by atoms with van der Waals surface area (Å²) in [5, 5.41) is 10.1. The number of hydrogen-bond donors (Lipinski definition) is 1. The number of ether oxygens (including phenoxy) is 3. The summed E-state index contributed by atoms with van der Waals surface area (Å²) in [4.78, 5) is 32.4. The number of fused-ring (bicyclic) bond motifs is 1. The van der Waals surface area contributed by atoms with Crippen LogP contribution in [-0.4, -0.2) is 35.5 Å². The molecule has 2 heterocycles. The average molecular weight is 579 g/mol. The first-order valence-corrected chi connectivity index (χ1v) is 14.9. The van der Waals surface area contributed by atoms with Gasteiger partial charge in [0.25, 0.3) is 5.56 Å². The van der Waals surface area contributed by atoms with E-state index in [1.165, 1.54) is 17.4 Å². The molecule has 0 amide bonds. The Balaban J connectivity index is 1.79. The van der Waals surface area contributed by atoms with Gasteiger partial charge in [0.15, 0.2) is 16.3 Å². The number of rotatable bonds is 12. The number of esters is 1. The lowest BCUT2D eigenvalue weighted by Gasteiger charge is -2.25. The van der Waals surface area contributed by atoms with Gasteiger partial charge in [0.05, 0.1) is 41.7 Å². The molecule has 8 nitrogen and oxygen atoms in total. The van der Waals surface area contributed by atoms with Crippen molar-refractivity contribution in [2.45, 2.75) is 59.9 Å². The number of phenolic OH excluding ortho intramolecular Hbond substituents is 1. The lowest BCUT2D eigenvalue weighted by Crippen LogP contribution is -2.40. The lowest BCUT2D eigenvalue weighted by atomic mass is 9.96. The Bertz CT molecular complexity index is 1580. The van der Waals surface area contributed by atoms with Crippen molar-refractivity contribution < 1.29 is 24.1 Å². The van der Waals surface area contributed by atoms with Gasteiger partial charge >= 0.3 is 5.97 Å². The van der Waals surface area contributed by atoms with Gasteiger partial charge < -0.3 is 19.3 Å². The number of phenols is 1. The molecule has 2 aromatic carbocycles. The number of allylic oxidation sites excluding steroid dienone is 1. The number of carbonyl (C=O) groups is 1. The molecule has 3 aromatic rings. The smallest absolute Gasteiger partial charge is 0.338 e. The Kier molecular flexibility index (Phi) is 10.0. The van der Waals surface area contributed by atoms with Crippen LogP contribution >= 0.6 is 11.3 Å². The zero-order valence-electron chi connectivity index (χ0n) is 24.3. The van der Waals surface area contributed by atoms with E-state index in [4.69, 9.17) is 14.2 Å². The van der Waals surface area contributed by atoms with Crippen LogP contribution < -0.4 is 24.4 Å². The van der Waals surface area contributed by atoms with Gasteiger partial charge in [0.1, 0.15) is 5.75 Å². The molecule has 1 aliphatic heterocycles. The van der Waals surface area contributed by atoms with Gasteiger partial charge in [-0.1, -0.05) is 63.1 Å². The number of hydrogen-bond acceptors (Lipinski definition) is 8. The second-order valence-corrected chi connectivity index (χ2v) is 11.4. The van der Waals surface area contributed by atoms with Crippen molar-refractivity contribution in [3.05, 3.63) is 84.5 Å². The third-order valence-corrected chi connectivity index (χ3v) is 7.57. The predicted molar refractivity (Wildman–Crippen MR) is 160 cm³/mol. The summed E-state index contributed by atoms with van der Waals surface area (Å²) in [6.07, 6.45) is 4.95. The van der Waals surface area contributed by atoms with Gasteiger partial charge in [-0.05, 0) is 67.7 Å². The van der Waals surface area contributed by atoms with Crippen LogP contribution in [-0.2, 0) is 9.53 Å². The molecule has 41 heavy (non-hydrogen) atoms. The van der Waals surface area contributed by atoms with Crippen LogP contribution in [0.2, 0.25) is 0 Å². The minimum Gasteiger partial charge on any atom is -0.504 e. The van der Waals surface area contributed by atoms with E-state index in [9.17, 15) is 14.7 Å². The topological polar surface area (TPSA) is 99.4 Å². The summed E-state index contributed by atoms with van der Waals surface area (Å²) in [7, 11) is 0. The molecule has 9 heteroatoms. The number of nitrogens with zero attached hydrogens (tertiary/aromatic N) is 2. The van der Waals surface area contributed by atoms with Crippen LogP contribution in [0, 0.1) is 5.92 Å². The van der Waals surface area contributed by atoms with E-state index < -0.39 is 12.0 Å². The molecule has 1 aliphatic rings. The Morgan fingerprint density at radius 3 is 2.56 bits per heavy atom. The Labute approximate surface area is 244 Å². The third-order valence-electron chi connectivity index (χ3n) is 6.58. The van der Waals surface area contributed by atoms with Crippen LogP contribution in [0.25, 0.3) is 6.08 Å². The van der Waals surface area contributed by atoms with E-state index >= 15 is 0 Å². The summed E-state index contributed by atoms with van der Waals surface area (Å²) in [6.45, 7) is 11.0. The maximum Gasteiger partial charge on any atom is 0.338 e. The highest BCUT2D eigenvalue weighted by Crippen LogP contribution is 2.32. The number of benzene rings is 2. The van der Waals surface area contributed by atoms with Crippen molar-refractivity contribution in [2.75, 3.05) is 19.8 Å². The second kappa shape index (κ2) is 13.7. The first-order chi connectivity index (χ1) is 19.7. The summed E-state index contributed by atoms with van der Waals surface area (Å²) in [5.41, 5.74) is 2.04. The van der Waals surface area contributed by atoms with E-state index in [0.717, 1.165) is 30.6 Å². The molecule has 0 saturated carbocycles. The fraction of sp³-hybridized carbons (Fsp3) is 0.406. The highest BCUT2D eigenvalue weighted by Gasteiger charge is 2.33. The minimum absolute atomic E-state index is 0.0310. The maximum absolute atomic E-state index is 13.9. The summed E-state index contributed by atoms with van der Waals surface area (Å²) >= 11 is 1.25. The molecule has 1 unspecified atom stereocenters. The highest BCUT2D eigenvalue weighted by molar-refractivity contribution is 7.07. The highest BCUT2D eigenvalue weighted by atomic mass is 32.1. The Hall–Kier alpha value is -3.85. The molecule has 1 atom stereocenters. The van der Waals surface area contributed by atoms with Crippen LogP contribution in [0.3, 0.4) is 0 Å². The molecule has 218 valence electrons. The first-order valence-electron chi connectivity index (χ1n) is 14.1. The van der Waals surface area contributed by atoms with E-state index in [1.807, 2.05) is 45.0 Å². The normalized spacial score (nSPS) is 15.1. The molecule has 0 spiro atoms.